The summed E-state index contributed by atoms with van der Waals surface area (Å²) in [5.41, 5.74) is 2.42. The van der Waals surface area contributed by atoms with E-state index < -0.39 is 30.3 Å². The SMILES string of the molecule is CCC[C@H](C(=O)O)N1C(=O)[C@H](Cc2ccncc2)O[C@@H](c2ccc(Cl)cc2)C1c1ccc(Cl)cc1. The highest BCUT2D eigenvalue weighted by atomic mass is 35.5. The second-order valence-electron chi connectivity index (χ2n) is 8.54. The van der Waals surface area contributed by atoms with Crippen molar-refractivity contribution in [3.05, 3.63) is 99.8 Å². The largest absolute Gasteiger partial charge is 0.480 e. The summed E-state index contributed by atoms with van der Waals surface area (Å²) in [6.45, 7) is 1.91. The molecular formula is C27H26Cl2N2O4. The fraction of sp³-hybridized carbons (Fsp3) is 0.296. The van der Waals surface area contributed by atoms with E-state index in [2.05, 4.69) is 4.98 Å². The number of pyridine rings is 1. The van der Waals surface area contributed by atoms with Crippen LogP contribution in [0.2, 0.25) is 10.0 Å². The van der Waals surface area contributed by atoms with Gasteiger partial charge < -0.3 is 14.7 Å². The highest BCUT2D eigenvalue weighted by molar-refractivity contribution is 6.30. The molecule has 8 heteroatoms. The van der Waals surface area contributed by atoms with Crippen LogP contribution in [0.3, 0.4) is 0 Å². The maximum absolute atomic E-state index is 13.9. The predicted octanol–water partition coefficient (Wildman–Crippen LogP) is 5.89. The van der Waals surface area contributed by atoms with E-state index in [-0.39, 0.29) is 5.91 Å². The highest BCUT2D eigenvalue weighted by Gasteiger charge is 2.48. The lowest BCUT2D eigenvalue weighted by Gasteiger charge is -2.47. The number of carbonyl (C=O) groups excluding carboxylic acids is 1. The van der Waals surface area contributed by atoms with Crippen LogP contribution in [-0.2, 0) is 20.7 Å². The first-order valence-electron chi connectivity index (χ1n) is 11.5. The summed E-state index contributed by atoms with van der Waals surface area (Å²) in [7, 11) is 0. The summed E-state index contributed by atoms with van der Waals surface area (Å²) < 4.78 is 6.48. The van der Waals surface area contributed by atoms with Crippen LogP contribution in [0.5, 0.6) is 0 Å². The number of carboxylic acids is 1. The van der Waals surface area contributed by atoms with Crippen molar-refractivity contribution in [3.63, 3.8) is 0 Å². The fourth-order valence-electron chi connectivity index (χ4n) is 4.54. The van der Waals surface area contributed by atoms with Crippen molar-refractivity contribution in [2.45, 2.75) is 50.5 Å². The molecule has 0 spiro atoms. The maximum atomic E-state index is 13.9. The third kappa shape index (κ3) is 5.67. The Morgan fingerprint density at radius 2 is 1.57 bits per heavy atom. The zero-order chi connectivity index (χ0) is 24.9. The molecule has 1 aliphatic rings. The second kappa shape index (κ2) is 11.2. The Kier molecular flexibility index (Phi) is 8.06. The lowest BCUT2D eigenvalue weighted by molar-refractivity contribution is -0.184. The van der Waals surface area contributed by atoms with Gasteiger partial charge in [-0.25, -0.2) is 4.79 Å². The van der Waals surface area contributed by atoms with Crippen LogP contribution in [0.4, 0.5) is 0 Å². The number of morpholine rings is 1. The van der Waals surface area contributed by atoms with Crippen LogP contribution in [0.15, 0.2) is 73.1 Å². The first-order chi connectivity index (χ1) is 16.9. The second-order valence-corrected chi connectivity index (χ2v) is 9.41. The Labute approximate surface area is 214 Å². The molecule has 1 unspecified atom stereocenters. The molecule has 0 radical (unpaired) electrons. The van der Waals surface area contributed by atoms with Crippen LogP contribution < -0.4 is 0 Å². The van der Waals surface area contributed by atoms with Gasteiger partial charge in [0.1, 0.15) is 18.2 Å². The van der Waals surface area contributed by atoms with Gasteiger partial charge in [-0.05, 0) is 59.5 Å². The summed E-state index contributed by atoms with van der Waals surface area (Å²) in [5.74, 6) is -1.40. The van der Waals surface area contributed by atoms with Crippen molar-refractivity contribution in [2.24, 2.45) is 0 Å². The molecule has 0 saturated carbocycles. The number of aromatic nitrogens is 1. The summed E-state index contributed by atoms with van der Waals surface area (Å²) in [6.07, 6.45) is 3.07. The Morgan fingerprint density at radius 1 is 1.00 bits per heavy atom. The number of benzene rings is 2. The molecular weight excluding hydrogens is 487 g/mol. The topological polar surface area (TPSA) is 79.7 Å². The normalized spacial score (nSPS) is 21.1. The summed E-state index contributed by atoms with van der Waals surface area (Å²) >= 11 is 12.3. The first-order valence-corrected chi connectivity index (χ1v) is 12.2. The van der Waals surface area contributed by atoms with Crippen molar-refractivity contribution < 1.29 is 19.4 Å². The van der Waals surface area contributed by atoms with Gasteiger partial charge >= 0.3 is 5.97 Å². The zero-order valence-corrected chi connectivity index (χ0v) is 20.7. The first kappa shape index (κ1) is 25.2. The van der Waals surface area contributed by atoms with Crippen molar-refractivity contribution in [1.82, 2.24) is 9.88 Å². The molecule has 1 amide bonds. The molecule has 1 aromatic heterocycles. The van der Waals surface area contributed by atoms with Crippen molar-refractivity contribution in [2.75, 3.05) is 0 Å². The van der Waals surface area contributed by atoms with Crippen LogP contribution >= 0.6 is 23.2 Å². The molecule has 182 valence electrons. The van der Waals surface area contributed by atoms with Crippen LogP contribution in [0.25, 0.3) is 0 Å². The van der Waals surface area contributed by atoms with E-state index in [1.165, 1.54) is 4.90 Å². The van der Waals surface area contributed by atoms with Gasteiger partial charge in [0.2, 0.25) is 0 Å². The monoisotopic (exact) mass is 512 g/mol. The van der Waals surface area contributed by atoms with E-state index in [1.54, 1.807) is 36.7 Å². The molecule has 1 fully saturated rings. The van der Waals surface area contributed by atoms with Crippen LogP contribution in [0, 0.1) is 0 Å². The quantitative estimate of drug-likeness (QED) is 0.406. The molecule has 4 atom stereocenters. The fourth-order valence-corrected chi connectivity index (χ4v) is 4.79. The van der Waals surface area contributed by atoms with Crippen LogP contribution in [-0.4, -0.2) is 39.0 Å². The molecule has 3 aromatic rings. The predicted molar refractivity (Wildman–Crippen MR) is 134 cm³/mol. The van der Waals surface area contributed by atoms with E-state index in [4.69, 9.17) is 27.9 Å². The summed E-state index contributed by atoms with van der Waals surface area (Å²) in [4.78, 5) is 31.9. The smallest absolute Gasteiger partial charge is 0.326 e. The number of rotatable bonds is 8. The van der Waals surface area contributed by atoms with Crippen molar-refractivity contribution in [3.8, 4) is 0 Å². The summed E-state index contributed by atoms with van der Waals surface area (Å²) in [5, 5.41) is 11.3. The van der Waals surface area contributed by atoms with Gasteiger partial charge in [0, 0.05) is 28.9 Å². The lowest BCUT2D eigenvalue weighted by atomic mass is 9.89. The van der Waals surface area contributed by atoms with Crippen molar-refractivity contribution >= 4 is 35.1 Å². The molecule has 0 bridgehead atoms. The number of nitrogens with zero attached hydrogens (tertiary/aromatic N) is 2. The molecule has 2 heterocycles. The highest BCUT2D eigenvalue weighted by Crippen LogP contribution is 2.44. The third-order valence-corrected chi connectivity index (χ3v) is 6.69. The lowest BCUT2D eigenvalue weighted by Crippen LogP contribution is -2.57. The van der Waals surface area contributed by atoms with Crippen LogP contribution in [0.1, 0.15) is 48.6 Å². The zero-order valence-electron chi connectivity index (χ0n) is 19.2. The van der Waals surface area contributed by atoms with Gasteiger partial charge in [0.15, 0.2) is 0 Å². The van der Waals surface area contributed by atoms with E-state index in [0.717, 1.165) is 16.7 Å². The number of aliphatic carboxylic acids is 1. The van der Waals surface area contributed by atoms with Crippen molar-refractivity contribution in [1.29, 1.82) is 0 Å². The summed E-state index contributed by atoms with van der Waals surface area (Å²) in [6, 6.07) is 16.3. The molecule has 35 heavy (non-hydrogen) atoms. The molecule has 0 aliphatic carbocycles. The minimum atomic E-state index is -1.04. The number of carbonyl (C=O) groups is 2. The molecule has 1 N–H and O–H groups in total. The number of halogens is 2. The minimum absolute atomic E-state index is 0.299. The Hall–Kier alpha value is -2.93. The van der Waals surface area contributed by atoms with Gasteiger partial charge in [-0.3, -0.25) is 9.78 Å². The Balaban J connectivity index is 1.85. The minimum Gasteiger partial charge on any atom is -0.480 e. The molecule has 6 nitrogen and oxygen atoms in total. The number of carboxylic acid groups (broad SMARTS) is 1. The van der Waals surface area contributed by atoms with E-state index in [1.807, 2.05) is 43.3 Å². The van der Waals surface area contributed by atoms with E-state index >= 15 is 0 Å². The molecule has 1 aliphatic heterocycles. The van der Waals surface area contributed by atoms with E-state index in [9.17, 15) is 14.7 Å². The molecule has 1 saturated heterocycles. The van der Waals surface area contributed by atoms with E-state index in [0.29, 0.717) is 29.3 Å². The maximum Gasteiger partial charge on any atom is 0.326 e. The Morgan fingerprint density at radius 3 is 2.11 bits per heavy atom. The third-order valence-electron chi connectivity index (χ3n) is 6.19. The average Bonchev–Trinajstić information content (AvgIpc) is 2.85. The number of hydrogen-bond donors (Lipinski definition) is 1. The number of hydrogen-bond acceptors (Lipinski definition) is 4. The van der Waals surface area contributed by atoms with Gasteiger partial charge in [-0.1, -0.05) is 60.8 Å². The Bertz CT molecular complexity index is 1160. The average molecular weight is 513 g/mol. The van der Waals surface area contributed by atoms with Gasteiger partial charge in [0.25, 0.3) is 5.91 Å². The standard InChI is InChI=1S/C27H26Cl2N2O4/c1-2-3-22(27(33)34)31-24(18-4-8-20(28)9-5-18)25(19-6-10-21(29)11-7-19)35-23(26(31)32)16-17-12-14-30-15-13-17/h4-15,22-25H,2-3,16H2,1H3,(H,33,34)/t22-,23+,24?,25+/m1/s1. The van der Waals surface area contributed by atoms with Gasteiger partial charge in [-0.2, -0.15) is 0 Å². The number of amides is 1. The molecule has 4 rings (SSSR count). The molecule has 2 aromatic carbocycles. The number of ether oxygens (including phenoxy) is 1. The van der Waals surface area contributed by atoms with Gasteiger partial charge in [-0.15, -0.1) is 0 Å². The van der Waals surface area contributed by atoms with Gasteiger partial charge in [0.05, 0.1) is 6.04 Å².